The van der Waals surface area contributed by atoms with E-state index in [1.807, 2.05) is 51.6 Å². The number of ether oxygens (including phenoxy) is 1. The van der Waals surface area contributed by atoms with E-state index in [4.69, 9.17) is 4.74 Å². The number of halogens is 1. The Balaban J connectivity index is 1.25. The number of amides is 1. The Bertz CT molecular complexity index is 1080. The van der Waals surface area contributed by atoms with Crippen LogP contribution in [0.1, 0.15) is 18.7 Å². The Morgan fingerprint density at radius 3 is 2.48 bits per heavy atom. The van der Waals surface area contributed by atoms with Gasteiger partial charge in [-0.3, -0.25) is 9.36 Å². The van der Waals surface area contributed by atoms with E-state index in [2.05, 4.69) is 10.2 Å². The molecule has 1 fully saturated rings. The molecule has 0 atom stereocenters. The predicted molar refractivity (Wildman–Crippen MR) is 128 cm³/mol. The topological polar surface area (TPSA) is 63.5 Å². The molecule has 0 bridgehead atoms. The Morgan fingerprint density at radius 2 is 1.79 bits per heavy atom. The van der Waals surface area contributed by atoms with E-state index in [9.17, 15) is 9.18 Å². The number of piperazine rings is 1. The van der Waals surface area contributed by atoms with Crippen molar-refractivity contribution in [3.63, 3.8) is 0 Å². The SMILES string of the molecule is COc1ccc(-n2c(C)nnc2SCCCC(=O)N2CCN(c3ccccc3F)CC2)cc1. The first-order valence-corrected chi connectivity index (χ1v) is 12.0. The van der Waals surface area contributed by atoms with Crippen molar-refractivity contribution in [2.75, 3.05) is 43.9 Å². The number of benzene rings is 2. The molecule has 0 N–H and O–H groups in total. The van der Waals surface area contributed by atoms with Crippen molar-refractivity contribution >= 4 is 23.4 Å². The van der Waals surface area contributed by atoms with Gasteiger partial charge in [-0.05, 0) is 49.7 Å². The highest BCUT2D eigenvalue weighted by molar-refractivity contribution is 7.99. The number of aromatic nitrogens is 3. The zero-order valence-electron chi connectivity index (χ0n) is 18.9. The molecule has 3 aromatic rings. The minimum Gasteiger partial charge on any atom is -0.497 e. The summed E-state index contributed by atoms with van der Waals surface area (Å²) in [6.07, 6.45) is 1.24. The maximum absolute atomic E-state index is 14.0. The smallest absolute Gasteiger partial charge is 0.222 e. The first-order chi connectivity index (χ1) is 16.1. The molecule has 1 aliphatic heterocycles. The van der Waals surface area contributed by atoms with Crippen LogP contribution >= 0.6 is 11.8 Å². The van der Waals surface area contributed by atoms with Crippen LogP contribution < -0.4 is 9.64 Å². The van der Waals surface area contributed by atoms with Gasteiger partial charge in [-0.1, -0.05) is 23.9 Å². The number of anilines is 1. The molecule has 2 heterocycles. The molecule has 4 rings (SSSR count). The molecule has 1 saturated heterocycles. The monoisotopic (exact) mass is 469 g/mol. The number of carbonyl (C=O) groups excluding carboxylic acids is 1. The number of rotatable bonds is 8. The van der Waals surface area contributed by atoms with Crippen molar-refractivity contribution in [3.05, 3.63) is 60.2 Å². The standard InChI is InChI=1S/C24H28FN5O2S/c1-18-26-27-24(30(18)19-9-11-20(32-2)12-10-19)33-17-5-8-23(31)29-15-13-28(14-16-29)22-7-4-3-6-21(22)25/h3-4,6-7,9-12H,5,8,13-17H2,1-2H3. The summed E-state index contributed by atoms with van der Waals surface area (Å²) < 4.78 is 21.2. The molecule has 33 heavy (non-hydrogen) atoms. The first-order valence-electron chi connectivity index (χ1n) is 11.0. The highest BCUT2D eigenvalue weighted by Gasteiger charge is 2.22. The third-order valence-electron chi connectivity index (χ3n) is 5.72. The van der Waals surface area contributed by atoms with E-state index in [0.717, 1.165) is 34.6 Å². The summed E-state index contributed by atoms with van der Waals surface area (Å²) in [5.74, 6) is 2.32. The van der Waals surface area contributed by atoms with Gasteiger partial charge in [-0.25, -0.2) is 4.39 Å². The quantitative estimate of drug-likeness (QED) is 0.368. The summed E-state index contributed by atoms with van der Waals surface area (Å²) in [7, 11) is 1.64. The van der Waals surface area contributed by atoms with Crippen LogP contribution in [0.15, 0.2) is 53.7 Å². The van der Waals surface area contributed by atoms with Gasteiger partial charge < -0.3 is 14.5 Å². The van der Waals surface area contributed by atoms with Crippen LogP contribution in [0.5, 0.6) is 5.75 Å². The van der Waals surface area contributed by atoms with Gasteiger partial charge in [0.15, 0.2) is 5.16 Å². The Hall–Kier alpha value is -3.07. The minimum atomic E-state index is -0.216. The maximum Gasteiger partial charge on any atom is 0.222 e. The van der Waals surface area contributed by atoms with Gasteiger partial charge in [0.25, 0.3) is 0 Å². The van der Waals surface area contributed by atoms with Crippen LogP contribution in [0, 0.1) is 12.7 Å². The van der Waals surface area contributed by atoms with Crippen molar-refractivity contribution in [1.29, 1.82) is 0 Å². The van der Waals surface area contributed by atoms with Crippen LogP contribution in [-0.2, 0) is 4.79 Å². The van der Waals surface area contributed by atoms with E-state index < -0.39 is 0 Å². The lowest BCUT2D eigenvalue weighted by Gasteiger charge is -2.36. The van der Waals surface area contributed by atoms with E-state index in [0.29, 0.717) is 38.3 Å². The van der Waals surface area contributed by atoms with Crippen LogP contribution in [0.3, 0.4) is 0 Å². The lowest BCUT2D eigenvalue weighted by Crippen LogP contribution is -2.49. The summed E-state index contributed by atoms with van der Waals surface area (Å²) in [4.78, 5) is 16.5. The summed E-state index contributed by atoms with van der Waals surface area (Å²) in [6.45, 7) is 4.44. The van der Waals surface area contributed by atoms with Gasteiger partial charge in [0.1, 0.15) is 17.4 Å². The molecule has 2 aromatic carbocycles. The molecule has 1 aromatic heterocycles. The molecule has 7 nitrogen and oxygen atoms in total. The molecule has 0 saturated carbocycles. The number of carbonyl (C=O) groups is 1. The van der Waals surface area contributed by atoms with E-state index in [1.54, 1.807) is 31.0 Å². The average Bonchev–Trinajstić information content (AvgIpc) is 3.22. The van der Waals surface area contributed by atoms with Crippen LogP contribution in [-0.4, -0.2) is 64.6 Å². The minimum absolute atomic E-state index is 0.150. The number of nitrogens with zero attached hydrogens (tertiary/aromatic N) is 5. The van der Waals surface area contributed by atoms with Crippen molar-refractivity contribution in [2.45, 2.75) is 24.9 Å². The van der Waals surface area contributed by atoms with Crippen molar-refractivity contribution in [3.8, 4) is 11.4 Å². The number of methoxy groups -OCH3 is 1. The fraction of sp³-hybridized carbons (Fsp3) is 0.375. The maximum atomic E-state index is 14.0. The highest BCUT2D eigenvalue weighted by Crippen LogP contribution is 2.25. The zero-order chi connectivity index (χ0) is 23.2. The second-order valence-corrected chi connectivity index (χ2v) is 8.90. The van der Waals surface area contributed by atoms with Crippen molar-refractivity contribution in [1.82, 2.24) is 19.7 Å². The summed E-state index contributed by atoms with van der Waals surface area (Å²) in [5.41, 5.74) is 1.59. The Morgan fingerprint density at radius 1 is 1.06 bits per heavy atom. The molecule has 0 radical (unpaired) electrons. The molecular formula is C24H28FN5O2S. The number of hydrogen-bond acceptors (Lipinski definition) is 6. The normalized spacial score (nSPS) is 13.9. The summed E-state index contributed by atoms with van der Waals surface area (Å²) in [5, 5.41) is 9.32. The third kappa shape index (κ3) is 5.47. The molecular weight excluding hydrogens is 441 g/mol. The fourth-order valence-electron chi connectivity index (χ4n) is 3.91. The molecule has 174 valence electrons. The average molecular weight is 470 g/mol. The highest BCUT2D eigenvalue weighted by atomic mass is 32.2. The van der Waals surface area contributed by atoms with Crippen LogP contribution in [0.2, 0.25) is 0 Å². The lowest BCUT2D eigenvalue weighted by molar-refractivity contribution is -0.131. The Kier molecular flexibility index (Phi) is 7.49. The predicted octanol–water partition coefficient (Wildman–Crippen LogP) is 3.94. The molecule has 1 aliphatic rings. The third-order valence-corrected chi connectivity index (χ3v) is 6.73. The van der Waals surface area contributed by atoms with E-state index >= 15 is 0 Å². The second kappa shape index (κ2) is 10.7. The number of para-hydroxylation sites is 1. The van der Waals surface area contributed by atoms with Crippen LogP contribution in [0.25, 0.3) is 5.69 Å². The fourth-order valence-corrected chi connectivity index (χ4v) is 4.85. The Labute approximate surface area is 197 Å². The van der Waals surface area contributed by atoms with Gasteiger partial charge in [0.2, 0.25) is 5.91 Å². The van der Waals surface area contributed by atoms with Crippen molar-refractivity contribution in [2.24, 2.45) is 0 Å². The second-order valence-electron chi connectivity index (χ2n) is 7.83. The van der Waals surface area contributed by atoms with Gasteiger partial charge in [-0.2, -0.15) is 0 Å². The van der Waals surface area contributed by atoms with Gasteiger partial charge in [0.05, 0.1) is 12.8 Å². The number of thioether (sulfide) groups is 1. The molecule has 1 amide bonds. The summed E-state index contributed by atoms with van der Waals surface area (Å²) in [6, 6.07) is 14.6. The zero-order valence-corrected chi connectivity index (χ0v) is 19.7. The molecule has 0 aliphatic carbocycles. The first kappa shape index (κ1) is 23.1. The molecule has 0 unspecified atom stereocenters. The molecule has 9 heteroatoms. The van der Waals surface area contributed by atoms with Gasteiger partial charge in [0, 0.05) is 44.0 Å². The number of aryl methyl sites for hydroxylation is 1. The number of hydrogen-bond donors (Lipinski definition) is 0. The van der Waals surface area contributed by atoms with E-state index in [1.165, 1.54) is 6.07 Å². The largest absolute Gasteiger partial charge is 0.497 e. The molecule has 0 spiro atoms. The summed E-state index contributed by atoms with van der Waals surface area (Å²) >= 11 is 1.60. The van der Waals surface area contributed by atoms with E-state index in [-0.39, 0.29) is 11.7 Å². The van der Waals surface area contributed by atoms with Gasteiger partial charge >= 0.3 is 0 Å². The van der Waals surface area contributed by atoms with Crippen molar-refractivity contribution < 1.29 is 13.9 Å². The van der Waals surface area contributed by atoms with Crippen LogP contribution in [0.4, 0.5) is 10.1 Å². The lowest BCUT2D eigenvalue weighted by atomic mass is 10.2. The van der Waals surface area contributed by atoms with Gasteiger partial charge in [-0.15, -0.1) is 10.2 Å².